The van der Waals surface area contributed by atoms with Gasteiger partial charge in [-0.3, -0.25) is 9.78 Å². The summed E-state index contributed by atoms with van der Waals surface area (Å²) >= 11 is 5.70. The first kappa shape index (κ1) is 15.2. The molecule has 2 aromatic rings. The van der Waals surface area contributed by atoms with Crippen molar-refractivity contribution in [1.82, 2.24) is 4.98 Å². The molecule has 0 aliphatic heterocycles. The van der Waals surface area contributed by atoms with E-state index in [4.69, 9.17) is 16.3 Å². The van der Waals surface area contributed by atoms with E-state index in [1.807, 2.05) is 0 Å². The van der Waals surface area contributed by atoms with Crippen LogP contribution < -0.4 is 4.74 Å². The highest BCUT2D eigenvalue weighted by molar-refractivity contribution is 6.16. The number of aromatic nitrogens is 1. The summed E-state index contributed by atoms with van der Waals surface area (Å²) in [4.78, 5) is 28.0. The number of ether oxygens (including phenoxy) is 1. The van der Waals surface area contributed by atoms with Crippen LogP contribution in [0.15, 0.2) is 36.4 Å². The third-order valence-electron chi connectivity index (χ3n) is 2.96. The molecular weight excluding hydrogens is 290 g/mol. The fraction of sp³-hybridized carbons (Fsp3) is 0.188. The molecule has 0 atom stereocenters. The number of benzene rings is 1. The quantitative estimate of drug-likeness (QED) is 0.492. The van der Waals surface area contributed by atoms with Crippen LogP contribution in [0.1, 0.15) is 39.0 Å². The number of alkyl halides is 1. The number of nitrogens with zero attached hydrogens (tertiary/aromatic N) is 1. The SMILES string of the molecule is CC(=O)c1ccccc1C(=O)Oc1ccc(CCl)nc1C. The maximum Gasteiger partial charge on any atom is 0.344 e. The van der Waals surface area contributed by atoms with Crippen molar-refractivity contribution in [3.05, 3.63) is 58.9 Å². The van der Waals surface area contributed by atoms with E-state index in [0.29, 0.717) is 28.6 Å². The van der Waals surface area contributed by atoms with Crippen LogP contribution in [-0.4, -0.2) is 16.7 Å². The summed E-state index contributed by atoms with van der Waals surface area (Å²) in [7, 11) is 0. The van der Waals surface area contributed by atoms with Crippen LogP contribution in [0.3, 0.4) is 0 Å². The van der Waals surface area contributed by atoms with E-state index >= 15 is 0 Å². The van der Waals surface area contributed by atoms with Crippen LogP contribution in [-0.2, 0) is 5.88 Å². The minimum Gasteiger partial charge on any atom is -0.421 e. The van der Waals surface area contributed by atoms with Crippen molar-refractivity contribution in [2.24, 2.45) is 0 Å². The molecule has 0 radical (unpaired) electrons. The van der Waals surface area contributed by atoms with Crippen molar-refractivity contribution in [2.75, 3.05) is 0 Å². The van der Waals surface area contributed by atoms with Gasteiger partial charge in [-0.2, -0.15) is 0 Å². The first-order valence-electron chi connectivity index (χ1n) is 6.37. The number of esters is 1. The predicted octanol–water partition coefficient (Wildman–Crippen LogP) is 3.55. The predicted molar refractivity (Wildman–Crippen MR) is 79.9 cm³/mol. The van der Waals surface area contributed by atoms with E-state index in [2.05, 4.69) is 4.98 Å². The Hall–Kier alpha value is -2.20. The molecule has 0 fully saturated rings. The van der Waals surface area contributed by atoms with Gasteiger partial charge >= 0.3 is 5.97 Å². The van der Waals surface area contributed by atoms with Crippen LogP contribution >= 0.6 is 11.6 Å². The van der Waals surface area contributed by atoms with E-state index < -0.39 is 5.97 Å². The van der Waals surface area contributed by atoms with E-state index in [9.17, 15) is 9.59 Å². The maximum absolute atomic E-state index is 12.2. The lowest BCUT2D eigenvalue weighted by Gasteiger charge is -2.09. The van der Waals surface area contributed by atoms with Gasteiger partial charge in [0.15, 0.2) is 11.5 Å². The Labute approximate surface area is 127 Å². The fourth-order valence-corrected chi connectivity index (χ4v) is 2.05. The van der Waals surface area contributed by atoms with Gasteiger partial charge in [-0.15, -0.1) is 11.6 Å². The van der Waals surface area contributed by atoms with Gasteiger partial charge in [-0.05, 0) is 32.0 Å². The number of hydrogen-bond acceptors (Lipinski definition) is 4. The molecule has 0 unspecified atom stereocenters. The van der Waals surface area contributed by atoms with Crippen molar-refractivity contribution in [1.29, 1.82) is 0 Å². The maximum atomic E-state index is 12.2. The van der Waals surface area contributed by atoms with Crippen LogP contribution in [0.25, 0.3) is 0 Å². The Morgan fingerprint density at radius 2 is 1.81 bits per heavy atom. The van der Waals surface area contributed by atoms with Gasteiger partial charge in [0.05, 0.1) is 22.8 Å². The largest absolute Gasteiger partial charge is 0.421 e. The van der Waals surface area contributed by atoms with Crippen LogP contribution in [0.2, 0.25) is 0 Å². The molecule has 0 aliphatic carbocycles. The molecule has 0 amide bonds. The zero-order valence-corrected chi connectivity index (χ0v) is 12.5. The minimum atomic E-state index is -0.579. The van der Waals surface area contributed by atoms with Gasteiger partial charge < -0.3 is 4.74 Å². The van der Waals surface area contributed by atoms with Crippen molar-refractivity contribution in [3.8, 4) is 5.75 Å². The molecule has 2 rings (SSSR count). The zero-order valence-electron chi connectivity index (χ0n) is 11.7. The average molecular weight is 304 g/mol. The monoisotopic (exact) mass is 303 g/mol. The summed E-state index contributed by atoms with van der Waals surface area (Å²) in [5, 5.41) is 0. The second-order valence-electron chi connectivity index (χ2n) is 4.51. The Kier molecular flexibility index (Phi) is 4.70. The Bertz CT molecular complexity index is 698. The Morgan fingerprint density at radius 1 is 1.14 bits per heavy atom. The second-order valence-corrected chi connectivity index (χ2v) is 4.78. The van der Waals surface area contributed by atoms with E-state index in [-0.39, 0.29) is 11.3 Å². The normalized spacial score (nSPS) is 10.2. The van der Waals surface area contributed by atoms with Gasteiger partial charge in [-0.25, -0.2) is 4.79 Å². The zero-order chi connectivity index (χ0) is 15.4. The van der Waals surface area contributed by atoms with Gasteiger partial charge in [0.25, 0.3) is 0 Å². The minimum absolute atomic E-state index is 0.185. The first-order chi connectivity index (χ1) is 10.0. The van der Waals surface area contributed by atoms with E-state index in [1.165, 1.54) is 6.92 Å². The number of carbonyl (C=O) groups excluding carboxylic acids is 2. The van der Waals surface area contributed by atoms with E-state index in [1.54, 1.807) is 43.3 Å². The summed E-state index contributed by atoms with van der Waals surface area (Å²) in [6.45, 7) is 3.14. The molecule has 0 spiro atoms. The molecule has 0 bridgehead atoms. The average Bonchev–Trinajstić information content (AvgIpc) is 2.49. The van der Waals surface area contributed by atoms with Crippen molar-refractivity contribution >= 4 is 23.4 Å². The molecule has 0 saturated carbocycles. The molecule has 21 heavy (non-hydrogen) atoms. The van der Waals surface area contributed by atoms with Crippen molar-refractivity contribution in [3.63, 3.8) is 0 Å². The van der Waals surface area contributed by atoms with E-state index in [0.717, 1.165) is 0 Å². The highest BCUT2D eigenvalue weighted by Crippen LogP contribution is 2.19. The number of rotatable bonds is 4. The van der Waals surface area contributed by atoms with Crippen LogP contribution in [0.5, 0.6) is 5.75 Å². The second kappa shape index (κ2) is 6.50. The lowest BCUT2D eigenvalue weighted by Crippen LogP contribution is -2.14. The summed E-state index contributed by atoms with van der Waals surface area (Å²) in [6.07, 6.45) is 0. The number of hydrogen-bond donors (Lipinski definition) is 0. The molecule has 1 aromatic heterocycles. The smallest absolute Gasteiger partial charge is 0.344 e. The summed E-state index contributed by atoms with van der Waals surface area (Å²) in [6, 6.07) is 9.89. The number of ketones is 1. The number of carbonyl (C=O) groups is 2. The third kappa shape index (κ3) is 3.47. The van der Waals surface area contributed by atoms with Crippen molar-refractivity contribution in [2.45, 2.75) is 19.7 Å². The molecule has 108 valence electrons. The Balaban J connectivity index is 2.28. The van der Waals surface area contributed by atoms with Gasteiger partial charge in [-0.1, -0.05) is 18.2 Å². The van der Waals surface area contributed by atoms with Gasteiger partial charge in [0, 0.05) is 5.56 Å². The Morgan fingerprint density at radius 3 is 2.38 bits per heavy atom. The third-order valence-corrected chi connectivity index (χ3v) is 3.23. The fourth-order valence-electron chi connectivity index (χ4n) is 1.91. The number of aryl methyl sites for hydroxylation is 1. The highest BCUT2D eigenvalue weighted by Gasteiger charge is 2.17. The van der Waals surface area contributed by atoms with Crippen LogP contribution in [0, 0.1) is 6.92 Å². The molecule has 0 aliphatic rings. The number of halogens is 1. The summed E-state index contributed by atoms with van der Waals surface area (Å²) in [5.74, 6) is -0.117. The molecule has 1 heterocycles. The molecule has 1 aromatic carbocycles. The number of Topliss-reactive ketones (excluding diaryl/α,β-unsaturated/α-hetero) is 1. The topological polar surface area (TPSA) is 56.3 Å². The summed E-state index contributed by atoms with van der Waals surface area (Å²) < 4.78 is 5.32. The summed E-state index contributed by atoms with van der Waals surface area (Å²) in [5.41, 5.74) is 1.86. The lowest BCUT2D eigenvalue weighted by molar-refractivity contribution is 0.0728. The molecular formula is C16H14ClNO3. The molecule has 0 N–H and O–H groups in total. The number of pyridine rings is 1. The van der Waals surface area contributed by atoms with Crippen molar-refractivity contribution < 1.29 is 14.3 Å². The highest BCUT2D eigenvalue weighted by atomic mass is 35.5. The van der Waals surface area contributed by atoms with Gasteiger partial charge in [0.1, 0.15) is 0 Å². The van der Waals surface area contributed by atoms with Crippen LogP contribution in [0.4, 0.5) is 0 Å². The lowest BCUT2D eigenvalue weighted by atomic mass is 10.0. The van der Waals surface area contributed by atoms with Gasteiger partial charge in [0.2, 0.25) is 0 Å². The molecule has 4 nitrogen and oxygen atoms in total. The standard InChI is InChI=1S/C16H14ClNO3/c1-10-15(8-7-12(9-17)18-10)21-16(20)14-6-4-3-5-13(14)11(2)19/h3-8H,9H2,1-2H3. The first-order valence-corrected chi connectivity index (χ1v) is 6.91. The molecule has 5 heteroatoms. The molecule has 0 saturated heterocycles.